The smallest absolute Gasteiger partial charge is 0.344 e. The number of allylic oxidation sites excluding steroid dienone is 2. The second kappa shape index (κ2) is 64.3. The monoisotopic (exact) mass is 1900 g/mol. The first-order valence-corrected chi connectivity index (χ1v) is 53.2. The van der Waals surface area contributed by atoms with Crippen LogP contribution in [0, 0.1) is 52.3 Å². The Morgan fingerprint density at radius 3 is 0.919 bits per heavy atom. The van der Waals surface area contributed by atoms with Gasteiger partial charge in [0.1, 0.15) is 53.5 Å². The van der Waals surface area contributed by atoms with Crippen molar-refractivity contribution in [3.05, 3.63) is 278 Å². The van der Waals surface area contributed by atoms with Crippen LogP contribution < -0.4 is 33.2 Å². The van der Waals surface area contributed by atoms with E-state index >= 15 is 0 Å². The molecule has 0 amide bonds. The van der Waals surface area contributed by atoms with Gasteiger partial charge in [-0.1, -0.05) is 296 Å². The van der Waals surface area contributed by atoms with E-state index in [1.807, 2.05) is 62.4 Å². The lowest BCUT2D eigenvalue weighted by molar-refractivity contribution is -0.141. The van der Waals surface area contributed by atoms with Crippen molar-refractivity contribution in [3.8, 4) is 40.2 Å². The van der Waals surface area contributed by atoms with Gasteiger partial charge in [0.25, 0.3) is 0 Å². The largest absolute Gasteiger partial charge is 0.497 e. The van der Waals surface area contributed by atoms with E-state index in [0.717, 1.165) is 158 Å². The number of halogens is 3. The SMILES string of the molecule is C=C(CC)CC(C)C.C=CCc1ccc(CC(C)C)cc1.CC(C)(C)O[Si](C)(C)C(C)(C)C.CC(C)CC(C)(C)C(C)(C)C.CC(C)Cc1ccc(OC(F)=C(F)F)cc1.CCc1cc(CC)cc(CCc2cc(CCc3cc(CC)cc(CC)c3)cc(CC(C)C)c2)c1.COC(=O)CC(C)C.COc1cc(COc2cc(CC(C)C)cc(OCc3cc(OC)cc(OC)c3)c2)cc(OC)c1. The molecule has 0 aliphatic heterocycles. The maximum Gasteiger partial charge on any atom is 0.344 e. The van der Waals surface area contributed by atoms with Gasteiger partial charge in [0.2, 0.25) is 0 Å². The van der Waals surface area contributed by atoms with Gasteiger partial charge in [0, 0.05) is 30.2 Å². The van der Waals surface area contributed by atoms with Crippen molar-refractivity contribution in [2.45, 2.75) is 354 Å². The zero-order chi connectivity index (χ0) is 103. The molecule has 0 N–H and O–H groups in total. The van der Waals surface area contributed by atoms with E-state index in [9.17, 15) is 18.0 Å². The van der Waals surface area contributed by atoms with Gasteiger partial charge in [-0.15, -0.1) is 6.58 Å². The molecule has 0 aliphatic carbocycles. The second-order valence-electron chi connectivity index (χ2n) is 43.3. The lowest BCUT2D eigenvalue weighted by Gasteiger charge is -2.41. The summed E-state index contributed by atoms with van der Waals surface area (Å²) in [5, 5.41) is 0.320. The van der Waals surface area contributed by atoms with E-state index in [0.29, 0.717) is 59.2 Å². The number of aryl methyl sites for hydroxylation is 8. The van der Waals surface area contributed by atoms with Crippen LogP contribution in [0.25, 0.3) is 0 Å². The van der Waals surface area contributed by atoms with Crippen molar-refractivity contribution in [1.82, 2.24) is 0 Å². The standard InChI is InChI=1S/C34H46.C28H34O6.C13H18.C12H13F3O.C11H24.C10H24OSi.C8H16.C6H12O2/c1-7-26-16-27(8-2)19-30(18-26)11-13-32-22-33(24-34(23-32)15-25(5)6)14-12-31-20-28(9-3)17-29(10-4)21-31;1-19(2)7-20-8-27(33-17-21-10-23(29-3)14-24(11-21)30-4)16-28(9-20)34-18-22-12-25(31-5)15-26(13-22)32-6;1-4-5-12-6-8-13(9-7-12)10-11(2)3;1-8(2)7-9-3-5-10(6-4-9)16-12(15)11(13)14;1-9(2)8-11(6,7)10(3,4)5;1-9(2,3)11-12(7,8)10(4,5)6;1-5-8(4)6-7(2)3;1-5(2)4-6(7)8-3/h16-25H,7-15H2,1-6H3;8-16,19H,7,17-18H2,1-6H3;4,6-9,11H,1,5,10H2,2-3H3;3-6,8H,7H2,1-2H3;9H,8H2,1-7H3;1-8H3;7H,4-6H2,1-3H3;5H,4H2,1-3H3. The molecule has 10 nitrogen and oxygen atoms in total. The predicted octanol–water partition coefficient (Wildman–Crippen LogP) is 34.8. The minimum absolute atomic E-state index is 0.00298. The molecule has 760 valence electrons. The third kappa shape index (κ3) is 55.0. The molecule has 0 bridgehead atoms. The lowest BCUT2D eigenvalue weighted by atomic mass is 9.65. The summed E-state index contributed by atoms with van der Waals surface area (Å²) in [6.07, 6.45) is 17.8. The summed E-state index contributed by atoms with van der Waals surface area (Å²) < 4.78 is 84.5. The molecule has 0 heterocycles. The summed E-state index contributed by atoms with van der Waals surface area (Å²) in [7, 11) is 6.41. The fourth-order valence-electron chi connectivity index (χ4n) is 14.8. The van der Waals surface area contributed by atoms with Gasteiger partial charge in [0.15, 0.2) is 8.32 Å². The third-order valence-corrected chi connectivity index (χ3v) is 28.3. The number of esters is 1. The minimum atomic E-state index is -2.45. The van der Waals surface area contributed by atoms with Gasteiger partial charge in [-0.25, -0.2) is 0 Å². The Bertz CT molecular complexity index is 4270. The van der Waals surface area contributed by atoms with Crippen LogP contribution in [0.2, 0.25) is 18.1 Å². The number of rotatable bonds is 40. The van der Waals surface area contributed by atoms with E-state index in [2.05, 4.69) is 321 Å². The minimum Gasteiger partial charge on any atom is -0.497 e. The van der Waals surface area contributed by atoms with Crippen molar-refractivity contribution in [1.29, 1.82) is 0 Å². The lowest BCUT2D eigenvalue weighted by Crippen LogP contribution is -2.46. The summed E-state index contributed by atoms with van der Waals surface area (Å²) in [4.78, 5) is 10.4. The zero-order valence-corrected chi connectivity index (χ0v) is 93.2. The summed E-state index contributed by atoms with van der Waals surface area (Å²) in [6, 6.07) is 52.7. The molecule has 0 aromatic heterocycles. The number of hydrogen-bond donors (Lipinski definition) is 0. The summed E-state index contributed by atoms with van der Waals surface area (Å²) in [5.74, 6) is 8.78. The molecule has 8 aromatic rings. The molecule has 0 aliphatic rings. The van der Waals surface area contributed by atoms with Gasteiger partial charge >= 0.3 is 18.1 Å². The van der Waals surface area contributed by atoms with Gasteiger partial charge in [-0.05, 0) is 326 Å². The predicted molar refractivity (Wildman–Crippen MR) is 579 cm³/mol. The molecule has 0 atom stereocenters. The molecule has 0 saturated heterocycles. The quantitative estimate of drug-likeness (QED) is 0.0160. The van der Waals surface area contributed by atoms with Gasteiger partial charge in [-0.2, -0.15) is 13.2 Å². The molecule has 8 aromatic carbocycles. The Labute approximate surface area is 829 Å². The van der Waals surface area contributed by atoms with Crippen LogP contribution in [-0.4, -0.2) is 55.4 Å². The molecule has 0 spiro atoms. The molecule has 8 rings (SSSR count). The highest BCUT2D eigenvalue weighted by molar-refractivity contribution is 6.74. The number of benzene rings is 8. The molecule has 14 heteroatoms. The van der Waals surface area contributed by atoms with E-state index in [1.54, 1.807) is 40.6 Å². The van der Waals surface area contributed by atoms with Crippen LogP contribution in [0.4, 0.5) is 13.2 Å². The molecule has 0 saturated carbocycles. The fourth-order valence-corrected chi connectivity index (χ4v) is 16.7. The number of hydrogen-bond acceptors (Lipinski definition) is 10. The summed E-state index contributed by atoms with van der Waals surface area (Å²) >= 11 is 0. The third-order valence-electron chi connectivity index (χ3n) is 23.5. The molecule has 0 fully saturated rings. The Morgan fingerprint density at radius 2 is 0.669 bits per heavy atom. The van der Waals surface area contributed by atoms with Gasteiger partial charge in [-0.3, -0.25) is 4.79 Å². The van der Waals surface area contributed by atoms with E-state index in [1.165, 1.54) is 105 Å². The first-order valence-electron chi connectivity index (χ1n) is 50.3. The van der Waals surface area contributed by atoms with E-state index in [4.69, 9.17) is 32.8 Å². The van der Waals surface area contributed by atoms with Crippen LogP contribution in [0.3, 0.4) is 0 Å². The highest BCUT2D eigenvalue weighted by atomic mass is 28.4. The number of carbonyl (C=O) groups excluding carboxylic acids is 1. The van der Waals surface area contributed by atoms with Crippen molar-refractivity contribution in [3.63, 3.8) is 0 Å². The Hall–Kier alpha value is -8.98. The van der Waals surface area contributed by atoms with E-state index < -0.39 is 20.4 Å². The van der Waals surface area contributed by atoms with Crippen molar-refractivity contribution < 1.29 is 60.3 Å². The summed E-state index contributed by atoms with van der Waals surface area (Å²) in [6.45, 7) is 79.8. The average Bonchev–Trinajstić information content (AvgIpc) is 0.790. The highest BCUT2D eigenvalue weighted by Gasteiger charge is 2.40. The second-order valence-corrected chi connectivity index (χ2v) is 48.0. The van der Waals surface area contributed by atoms with Crippen molar-refractivity contribution in [2.75, 3.05) is 35.5 Å². The number of methoxy groups -OCH3 is 5. The zero-order valence-electron chi connectivity index (χ0n) is 92.2. The normalized spacial score (nSPS) is 11.3. The molecular formula is C122H187F3O10Si. The van der Waals surface area contributed by atoms with Crippen LogP contribution in [0.5, 0.6) is 40.2 Å². The van der Waals surface area contributed by atoms with Gasteiger partial charge < -0.3 is 42.3 Å². The first kappa shape index (κ1) is 125. The van der Waals surface area contributed by atoms with Crippen LogP contribution in [-0.2, 0) is 111 Å². The fraction of sp³-hybridized carbons (Fsp3) is 0.549. The maximum absolute atomic E-state index is 12.4. The topological polar surface area (TPSA) is 100 Å². The Kier molecular flexibility index (Phi) is 59.1. The number of ether oxygens (including phenoxy) is 8. The molecule has 0 unspecified atom stereocenters. The molecule has 0 radical (unpaired) electrons. The highest BCUT2D eigenvalue weighted by Crippen LogP contribution is 2.43. The Morgan fingerprint density at radius 1 is 0.368 bits per heavy atom. The van der Waals surface area contributed by atoms with E-state index in [-0.39, 0.29) is 17.3 Å². The Balaban J connectivity index is 0.000000832. The molecular weight excluding hydrogens is 1710 g/mol. The van der Waals surface area contributed by atoms with Crippen LogP contribution in [0.1, 0.15) is 317 Å². The van der Waals surface area contributed by atoms with Crippen molar-refractivity contribution >= 4 is 14.3 Å². The van der Waals surface area contributed by atoms with Gasteiger partial charge in [0.05, 0.1) is 35.5 Å². The first-order chi connectivity index (χ1) is 63.5. The maximum atomic E-state index is 12.4. The molecule has 136 heavy (non-hydrogen) atoms. The van der Waals surface area contributed by atoms with Crippen LogP contribution in [0.15, 0.2) is 195 Å². The van der Waals surface area contributed by atoms with Crippen molar-refractivity contribution in [2.24, 2.45) is 52.3 Å². The van der Waals surface area contributed by atoms with Crippen LogP contribution >= 0.6 is 0 Å². The summed E-state index contributed by atoms with van der Waals surface area (Å²) in [5.41, 5.74) is 22.6. The number of carbonyl (C=O) groups is 1. The average molecular weight is 1900 g/mol.